The fourth-order valence-electron chi connectivity index (χ4n) is 1.58. The molecule has 1 aromatic carbocycles. The molecule has 0 fully saturated rings. The van der Waals surface area contributed by atoms with Crippen LogP contribution in [0.2, 0.25) is 0 Å². The highest BCUT2D eigenvalue weighted by Gasteiger charge is 2.17. The highest BCUT2D eigenvalue weighted by molar-refractivity contribution is 6.10. The molecule has 0 aliphatic rings. The van der Waals surface area contributed by atoms with Crippen LogP contribution in [0.15, 0.2) is 35.5 Å². The molecule has 1 heterocycles. The van der Waals surface area contributed by atoms with E-state index in [1.165, 1.54) is 0 Å². The van der Waals surface area contributed by atoms with Crippen LogP contribution in [0, 0.1) is 13.8 Å². The number of imidazole rings is 1. The lowest BCUT2D eigenvalue weighted by Crippen LogP contribution is -2.11. The van der Waals surface area contributed by atoms with Gasteiger partial charge in [0.15, 0.2) is 11.5 Å². The van der Waals surface area contributed by atoms with E-state index in [1.807, 2.05) is 18.2 Å². The Balaban J connectivity index is 2.55. The van der Waals surface area contributed by atoms with Crippen molar-refractivity contribution in [2.45, 2.75) is 13.8 Å². The fourth-order valence-corrected chi connectivity index (χ4v) is 1.58. The van der Waals surface area contributed by atoms with E-state index in [0.29, 0.717) is 17.0 Å². The van der Waals surface area contributed by atoms with Gasteiger partial charge in [-0.15, -0.1) is 0 Å². The summed E-state index contributed by atoms with van der Waals surface area (Å²) in [5.74, 6) is 0.230. The molecule has 17 heavy (non-hydrogen) atoms. The molecule has 0 aliphatic heterocycles. The van der Waals surface area contributed by atoms with Crippen molar-refractivity contribution < 1.29 is 10.4 Å². The van der Waals surface area contributed by atoms with Gasteiger partial charge in [0, 0.05) is 5.56 Å². The molecule has 0 saturated carbocycles. The van der Waals surface area contributed by atoms with Crippen LogP contribution in [0.4, 0.5) is 0 Å². The highest BCUT2D eigenvalue weighted by Crippen LogP contribution is 2.13. The van der Waals surface area contributed by atoms with Crippen LogP contribution in [0.5, 0.6) is 0 Å². The van der Waals surface area contributed by atoms with E-state index in [1.54, 1.807) is 26.0 Å². The van der Waals surface area contributed by atoms with Gasteiger partial charge < -0.3 is 10.4 Å². The monoisotopic (exact) mass is 231 g/mol. The van der Waals surface area contributed by atoms with Gasteiger partial charge in [0.1, 0.15) is 0 Å². The van der Waals surface area contributed by atoms with Crippen molar-refractivity contribution >= 4 is 5.71 Å². The van der Waals surface area contributed by atoms with Crippen LogP contribution in [0.1, 0.15) is 22.8 Å². The van der Waals surface area contributed by atoms with Crippen LogP contribution < -0.4 is 0 Å². The van der Waals surface area contributed by atoms with Crippen molar-refractivity contribution in [2.24, 2.45) is 5.16 Å². The topological polar surface area (TPSA) is 70.6 Å². The van der Waals surface area contributed by atoms with Crippen LogP contribution in [0.25, 0.3) is 0 Å². The maximum atomic E-state index is 9.84. The minimum absolute atomic E-state index is 0.230. The predicted molar refractivity (Wildman–Crippen MR) is 62.8 cm³/mol. The molecular formula is C12H13N3O2. The molecule has 0 atom stereocenters. The van der Waals surface area contributed by atoms with Crippen molar-refractivity contribution in [1.29, 1.82) is 0 Å². The summed E-state index contributed by atoms with van der Waals surface area (Å²) in [4.78, 5) is 4.18. The van der Waals surface area contributed by atoms with Crippen molar-refractivity contribution in [3.05, 3.63) is 53.1 Å². The number of nitrogens with zero attached hydrogens (tertiary/aromatic N) is 3. The first-order valence-electron chi connectivity index (χ1n) is 5.18. The molecular weight excluding hydrogens is 218 g/mol. The molecule has 0 unspecified atom stereocenters. The summed E-state index contributed by atoms with van der Waals surface area (Å²) in [5, 5.41) is 22.1. The summed E-state index contributed by atoms with van der Waals surface area (Å²) in [6.45, 7) is 3.53. The number of aromatic nitrogens is 2. The molecule has 88 valence electrons. The Morgan fingerprint density at radius 1 is 1.24 bits per heavy atom. The number of hydrogen-bond donors (Lipinski definition) is 2. The first kappa shape index (κ1) is 11.2. The Morgan fingerprint density at radius 2 is 1.88 bits per heavy atom. The molecule has 2 N–H and O–H groups in total. The summed E-state index contributed by atoms with van der Waals surface area (Å²) in [5.41, 5.74) is 2.25. The van der Waals surface area contributed by atoms with E-state index >= 15 is 0 Å². The quantitative estimate of drug-likeness (QED) is 0.359. The molecule has 0 spiro atoms. The average molecular weight is 231 g/mol. The van der Waals surface area contributed by atoms with Gasteiger partial charge >= 0.3 is 0 Å². The van der Waals surface area contributed by atoms with Crippen molar-refractivity contribution in [3.63, 3.8) is 0 Å². The van der Waals surface area contributed by atoms with Gasteiger partial charge in [0.25, 0.3) is 0 Å². The Kier molecular flexibility index (Phi) is 2.82. The second kappa shape index (κ2) is 4.29. The van der Waals surface area contributed by atoms with Crippen LogP contribution in [-0.4, -0.2) is 25.8 Å². The zero-order chi connectivity index (χ0) is 12.4. The van der Waals surface area contributed by atoms with E-state index < -0.39 is 0 Å². The molecule has 5 nitrogen and oxygen atoms in total. The molecule has 5 heteroatoms. The largest absolute Gasteiger partial charge is 0.427 e. The number of hydrogen-bond acceptors (Lipinski definition) is 4. The van der Waals surface area contributed by atoms with Gasteiger partial charge in [-0.3, -0.25) is 0 Å². The van der Waals surface area contributed by atoms with E-state index in [4.69, 9.17) is 5.21 Å². The lowest BCUT2D eigenvalue weighted by atomic mass is 10.1. The molecule has 0 aliphatic carbocycles. The molecule has 0 saturated heterocycles. The first-order chi connectivity index (χ1) is 8.15. The Morgan fingerprint density at radius 3 is 2.35 bits per heavy atom. The van der Waals surface area contributed by atoms with Gasteiger partial charge in [-0.05, 0) is 13.8 Å². The van der Waals surface area contributed by atoms with Crippen LogP contribution in [-0.2, 0) is 0 Å². The summed E-state index contributed by atoms with van der Waals surface area (Å²) in [7, 11) is 0. The Labute approximate surface area is 98.6 Å². The third kappa shape index (κ3) is 1.87. The van der Waals surface area contributed by atoms with Gasteiger partial charge in [-0.2, -0.15) is 4.73 Å². The zero-order valence-electron chi connectivity index (χ0n) is 9.62. The Bertz CT molecular complexity index is 559. The van der Waals surface area contributed by atoms with Gasteiger partial charge in [-0.1, -0.05) is 35.5 Å². The second-order valence-electron chi connectivity index (χ2n) is 3.73. The molecule has 1 aromatic heterocycles. The predicted octanol–water partition coefficient (Wildman–Crippen LogP) is 1.96. The smallest absolute Gasteiger partial charge is 0.198 e. The number of rotatable bonds is 2. The SMILES string of the molecule is Cc1nc(C(=NO)c2ccccc2)n(O)c1C. The molecule has 0 radical (unpaired) electrons. The molecule has 0 bridgehead atoms. The summed E-state index contributed by atoms with van der Waals surface area (Å²) < 4.78 is 0.928. The van der Waals surface area contributed by atoms with Gasteiger partial charge in [-0.25, -0.2) is 4.98 Å². The van der Waals surface area contributed by atoms with Crippen LogP contribution in [0.3, 0.4) is 0 Å². The van der Waals surface area contributed by atoms with E-state index in [-0.39, 0.29) is 11.5 Å². The molecule has 2 aromatic rings. The summed E-state index contributed by atoms with van der Waals surface area (Å²) >= 11 is 0. The second-order valence-corrected chi connectivity index (χ2v) is 3.73. The number of benzene rings is 1. The number of aryl methyl sites for hydroxylation is 1. The fraction of sp³-hybridized carbons (Fsp3) is 0.167. The lowest BCUT2D eigenvalue weighted by Gasteiger charge is -2.04. The van der Waals surface area contributed by atoms with E-state index in [9.17, 15) is 5.21 Å². The summed E-state index contributed by atoms with van der Waals surface area (Å²) in [6, 6.07) is 9.08. The highest BCUT2D eigenvalue weighted by atomic mass is 16.5. The number of oxime groups is 1. The van der Waals surface area contributed by atoms with Gasteiger partial charge in [0.05, 0.1) is 11.4 Å². The lowest BCUT2D eigenvalue weighted by molar-refractivity contribution is 0.177. The normalized spacial score (nSPS) is 11.8. The zero-order valence-corrected chi connectivity index (χ0v) is 9.62. The van der Waals surface area contributed by atoms with Crippen molar-refractivity contribution in [1.82, 2.24) is 9.71 Å². The minimum Gasteiger partial charge on any atom is -0.427 e. The maximum Gasteiger partial charge on any atom is 0.198 e. The first-order valence-corrected chi connectivity index (χ1v) is 5.18. The van der Waals surface area contributed by atoms with Crippen molar-refractivity contribution in [2.75, 3.05) is 0 Å². The third-order valence-corrected chi connectivity index (χ3v) is 2.67. The van der Waals surface area contributed by atoms with Crippen molar-refractivity contribution in [3.8, 4) is 0 Å². The average Bonchev–Trinajstić information content (AvgIpc) is 2.60. The van der Waals surface area contributed by atoms with E-state index in [0.717, 1.165) is 4.73 Å². The van der Waals surface area contributed by atoms with Crippen LogP contribution >= 0.6 is 0 Å². The van der Waals surface area contributed by atoms with Gasteiger partial charge in [0.2, 0.25) is 0 Å². The Hall–Kier alpha value is -2.30. The maximum absolute atomic E-state index is 9.84. The third-order valence-electron chi connectivity index (χ3n) is 2.67. The molecule has 0 amide bonds. The van der Waals surface area contributed by atoms with E-state index in [2.05, 4.69) is 10.1 Å². The molecule has 2 rings (SSSR count). The summed E-state index contributed by atoms with van der Waals surface area (Å²) in [6.07, 6.45) is 0. The standard InChI is InChI=1S/C12H13N3O2/c1-8-9(2)15(17)12(13-8)11(14-16)10-6-4-3-5-7-10/h3-7,16-17H,1-2H3. The minimum atomic E-state index is 0.230.